The Morgan fingerprint density at radius 1 is 1.26 bits per heavy atom. The average Bonchev–Trinajstić information content (AvgIpc) is 3.05. The van der Waals surface area contributed by atoms with Gasteiger partial charge in [0.1, 0.15) is 0 Å². The summed E-state index contributed by atoms with van der Waals surface area (Å²) in [6.07, 6.45) is 5.15. The third kappa shape index (κ3) is 3.72. The summed E-state index contributed by atoms with van der Waals surface area (Å²) in [7, 11) is 1.58. The van der Waals surface area contributed by atoms with E-state index in [-0.39, 0.29) is 11.5 Å². The molecule has 0 spiro atoms. The van der Waals surface area contributed by atoms with Crippen molar-refractivity contribution in [3.63, 3.8) is 0 Å². The Kier molecular flexibility index (Phi) is 4.78. The SMILES string of the molecule is COc1ccc(-c2cc3c(N[C@H](C)C(C)(C)C)c(C(N)=O)cnn3c2)cn1. The molecule has 27 heavy (non-hydrogen) atoms. The number of pyridine rings is 1. The van der Waals surface area contributed by atoms with Gasteiger partial charge in [-0.15, -0.1) is 0 Å². The predicted molar refractivity (Wildman–Crippen MR) is 106 cm³/mol. The summed E-state index contributed by atoms with van der Waals surface area (Å²) in [5.74, 6) is 0.0421. The van der Waals surface area contributed by atoms with E-state index in [2.05, 4.69) is 43.1 Å². The zero-order valence-corrected chi connectivity index (χ0v) is 16.3. The quantitative estimate of drug-likeness (QED) is 0.721. The molecule has 0 aliphatic carbocycles. The summed E-state index contributed by atoms with van der Waals surface area (Å²) in [5, 5.41) is 7.80. The Balaban J connectivity index is 2.11. The Hall–Kier alpha value is -3.09. The van der Waals surface area contributed by atoms with Crippen LogP contribution in [0, 0.1) is 5.41 Å². The summed E-state index contributed by atoms with van der Waals surface area (Å²) >= 11 is 0. The highest BCUT2D eigenvalue weighted by atomic mass is 16.5. The fraction of sp³-hybridized carbons (Fsp3) is 0.350. The standard InChI is InChI=1S/C20H25N5O2/c1-12(20(2,3)4)24-18-15(19(21)26)10-23-25-11-14(8-16(18)25)13-6-7-17(27-5)22-9-13/h6-12,24H,1-5H3,(H2,21,26)/t12-/m1/s1. The molecule has 0 bridgehead atoms. The molecule has 3 heterocycles. The van der Waals surface area contributed by atoms with Gasteiger partial charge in [0, 0.05) is 35.6 Å². The van der Waals surface area contributed by atoms with E-state index in [9.17, 15) is 4.79 Å². The highest BCUT2D eigenvalue weighted by Crippen LogP contribution is 2.31. The normalized spacial score (nSPS) is 12.8. The number of anilines is 1. The summed E-state index contributed by atoms with van der Waals surface area (Å²) in [6, 6.07) is 5.82. The largest absolute Gasteiger partial charge is 0.481 e. The molecule has 0 aliphatic rings. The zero-order chi connectivity index (χ0) is 19.8. The lowest BCUT2D eigenvalue weighted by molar-refractivity contribution is 0.100. The van der Waals surface area contributed by atoms with Crippen LogP contribution in [0.5, 0.6) is 5.88 Å². The number of ether oxygens (including phenoxy) is 1. The molecule has 0 unspecified atom stereocenters. The molecule has 7 nitrogen and oxygen atoms in total. The third-order valence-electron chi connectivity index (χ3n) is 4.84. The number of nitrogens with zero attached hydrogens (tertiary/aromatic N) is 3. The number of carbonyl (C=O) groups is 1. The molecule has 0 saturated heterocycles. The lowest BCUT2D eigenvalue weighted by atomic mass is 9.88. The smallest absolute Gasteiger partial charge is 0.252 e. The maximum Gasteiger partial charge on any atom is 0.252 e. The Labute approximate surface area is 158 Å². The van der Waals surface area contributed by atoms with Crippen molar-refractivity contribution >= 4 is 17.1 Å². The topological polar surface area (TPSA) is 94.5 Å². The number of rotatable bonds is 5. The van der Waals surface area contributed by atoms with Crippen LogP contribution in [-0.2, 0) is 0 Å². The van der Waals surface area contributed by atoms with Crippen LogP contribution in [0.3, 0.4) is 0 Å². The number of carbonyl (C=O) groups excluding carboxylic acids is 1. The van der Waals surface area contributed by atoms with Gasteiger partial charge in [0.05, 0.1) is 30.1 Å². The van der Waals surface area contributed by atoms with Gasteiger partial charge in [0.25, 0.3) is 5.91 Å². The second-order valence-electron chi connectivity index (χ2n) is 7.68. The maximum absolute atomic E-state index is 12.0. The molecular weight excluding hydrogens is 342 g/mol. The number of nitrogens with two attached hydrogens (primary N) is 1. The molecule has 1 atom stereocenters. The van der Waals surface area contributed by atoms with E-state index in [4.69, 9.17) is 10.5 Å². The summed E-state index contributed by atoms with van der Waals surface area (Å²) < 4.78 is 6.85. The van der Waals surface area contributed by atoms with Crippen LogP contribution in [0.25, 0.3) is 16.6 Å². The van der Waals surface area contributed by atoms with Crippen LogP contribution in [0.15, 0.2) is 36.8 Å². The van der Waals surface area contributed by atoms with Gasteiger partial charge in [-0.25, -0.2) is 9.50 Å². The maximum atomic E-state index is 12.0. The average molecular weight is 367 g/mol. The molecule has 3 aromatic rings. The number of amides is 1. The summed E-state index contributed by atoms with van der Waals surface area (Å²) in [6.45, 7) is 8.50. The minimum atomic E-state index is -0.512. The number of hydrogen-bond acceptors (Lipinski definition) is 5. The summed E-state index contributed by atoms with van der Waals surface area (Å²) in [5.41, 5.74) is 9.30. The summed E-state index contributed by atoms with van der Waals surface area (Å²) in [4.78, 5) is 16.2. The van der Waals surface area contributed by atoms with Crippen molar-refractivity contribution < 1.29 is 9.53 Å². The lowest BCUT2D eigenvalue weighted by Crippen LogP contribution is -2.32. The highest BCUT2D eigenvalue weighted by molar-refractivity contribution is 6.02. The first-order valence-corrected chi connectivity index (χ1v) is 8.79. The van der Waals surface area contributed by atoms with Crippen molar-refractivity contribution in [1.29, 1.82) is 0 Å². The predicted octanol–water partition coefficient (Wildman–Crippen LogP) is 3.35. The van der Waals surface area contributed by atoms with Crippen molar-refractivity contribution in [3.8, 4) is 17.0 Å². The Morgan fingerprint density at radius 3 is 2.56 bits per heavy atom. The number of aromatic nitrogens is 3. The van der Waals surface area contributed by atoms with Gasteiger partial charge < -0.3 is 15.8 Å². The van der Waals surface area contributed by atoms with Crippen molar-refractivity contribution in [2.24, 2.45) is 11.1 Å². The van der Waals surface area contributed by atoms with Crippen molar-refractivity contribution in [1.82, 2.24) is 14.6 Å². The molecule has 3 aromatic heterocycles. The van der Waals surface area contributed by atoms with Crippen molar-refractivity contribution in [2.75, 3.05) is 12.4 Å². The number of nitrogens with one attached hydrogen (secondary N) is 1. The molecule has 0 aromatic carbocycles. The van der Waals surface area contributed by atoms with E-state index in [1.54, 1.807) is 23.9 Å². The van der Waals surface area contributed by atoms with Gasteiger partial charge in [-0.3, -0.25) is 4.79 Å². The second kappa shape index (κ2) is 6.90. The minimum absolute atomic E-state index is 0.00447. The van der Waals surface area contributed by atoms with E-state index in [0.29, 0.717) is 17.1 Å². The van der Waals surface area contributed by atoms with Gasteiger partial charge in [-0.1, -0.05) is 20.8 Å². The first-order valence-electron chi connectivity index (χ1n) is 8.79. The van der Waals surface area contributed by atoms with Crippen LogP contribution < -0.4 is 15.8 Å². The monoisotopic (exact) mass is 367 g/mol. The number of fused-ring (bicyclic) bond motifs is 1. The molecule has 1 amide bonds. The Morgan fingerprint density at radius 2 is 2.00 bits per heavy atom. The first kappa shape index (κ1) is 18.7. The zero-order valence-electron chi connectivity index (χ0n) is 16.3. The minimum Gasteiger partial charge on any atom is -0.481 e. The van der Waals surface area contributed by atoms with Crippen LogP contribution in [-0.4, -0.2) is 33.7 Å². The molecule has 3 N–H and O–H groups in total. The van der Waals surface area contributed by atoms with Gasteiger partial charge in [-0.05, 0) is 24.5 Å². The number of primary amides is 1. The van der Waals surface area contributed by atoms with Gasteiger partial charge >= 0.3 is 0 Å². The van der Waals surface area contributed by atoms with Gasteiger partial charge in [-0.2, -0.15) is 5.10 Å². The fourth-order valence-corrected chi connectivity index (χ4v) is 2.66. The van der Waals surface area contributed by atoms with Crippen LogP contribution in [0.2, 0.25) is 0 Å². The second-order valence-corrected chi connectivity index (χ2v) is 7.68. The van der Waals surface area contributed by atoms with Crippen molar-refractivity contribution in [3.05, 3.63) is 42.4 Å². The van der Waals surface area contributed by atoms with E-state index in [1.807, 2.05) is 18.3 Å². The highest BCUT2D eigenvalue weighted by Gasteiger charge is 2.23. The van der Waals surface area contributed by atoms with Crippen LogP contribution >= 0.6 is 0 Å². The van der Waals surface area contributed by atoms with Gasteiger partial charge in [0.2, 0.25) is 5.88 Å². The molecule has 0 radical (unpaired) electrons. The van der Waals surface area contributed by atoms with E-state index >= 15 is 0 Å². The lowest BCUT2D eigenvalue weighted by Gasteiger charge is -2.29. The van der Waals surface area contributed by atoms with Gasteiger partial charge in [0.15, 0.2) is 0 Å². The molecular formula is C20H25N5O2. The van der Waals surface area contributed by atoms with E-state index in [1.165, 1.54) is 6.20 Å². The van der Waals surface area contributed by atoms with Crippen molar-refractivity contribution in [2.45, 2.75) is 33.7 Å². The Bertz CT molecular complexity index is 970. The molecule has 3 rings (SSSR count). The van der Waals surface area contributed by atoms with Crippen LogP contribution in [0.4, 0.5) is 5.69 Å². The third-order valence-corrected chi connectivity index (χ3v) is 4.84. The van der Waals surface area contributed by atoms with E-state index < -0.39 is 5.91 Å². The molecule has 0 aliphatic heterocycles. The molecule has 7 heteroatoms. The van der Waals surface area contributed by atoms with Crippen LogP contribution in [0.1, 0.15) is 38.1 Å². The first-order chi connectivity index (χ1) is 12.7. The molecule has 142 valence electrons. The van der Waals surface area contributed by atoms with E-state index in [0.717, 1.165) is 16.6 Å². The number of hydrogen-bond donors (Lipinski definition) is 2. The molecule has 0 saturated carbocycles. The molecule has 0 fully saturated rings. The number of methoxy groups -OCH3 is 1. The fourth-order valence-electron chi connectivity index (χ4n) is 2.66.